The molecule has 2 atom stereocenters. The van der Waals surface area contributed by atoms with Crippen LogP contribution < -0.4 is 5.73 Å². The summed E-state index contributed by atoms with van der Waals surface area (Å²) < 4.78 is 0. The van der Waals surface area contributed by atoms with Gasteiger partial charge in [-0.3, -0.25) is 4.90 Å². The minimum Gasteiger partial charge on any atom is -0.395 e. The summed E-state index contributed by atoms with van der Waals surface area (Å²) in [7, 11) is 0. The summed E-state index contributed by atoms with van der Waals surface area (Å²) in [6, 6.07) is 0.446. The number of aliphatic hydroxyl groups excluding tert-OH is 1. The third-order valence-corrected chi connectivity index (χ3v) is 2.57. The Labute approximate surface area is 88.3 Å². The molecule has 14 heavy (non-hydrogen) atoms. The van der Waals surface area contributed by atoms with Crippen molar-refractivity contribution in [3.8, 4) is 0 Å². The van der Waals surface area contributed by atoms with Crippen LogP contribution in [0.5, 0.6) is 0 Å². The number of rotatable bonds is 5. The molecule has 0 aliphatic heterocycles. The second-order valence-corrected chi connectivity index (χ2v) is 5.02. The molecule has 0 fully saturated rings. The standard InChI is InChI=1S/C11H26N2O/c1-6-13(7-8-14)10(9(2)12)11(3,4)5/h9-10,14H,6-8,12H2,1-5H3. The van der Waals surface area contributed by atoms with Crippen molar-refractivity contribution < 1.29 is 5.11 Å². The number of hydrogen-bond donors (Lipinski definition) is 2. The van der Waals surface area contributed by atoms with Crippen LogP contribution in [0.25, 0.3) is 0 Å². The smallest absolute Gasteiger partial charge is 0.0558 e. The Morgan fingerprint density at radius 3 is 2.07 bits per heavy atom. The summed E-state index contributed by atoms with van der Waals surface area (Å²) in [4.78, 5) is 2.25. The minimum atomic E-state index is 0.126. The fourth-order valence-corrected chi connectivity index (χ4v) is 2.29. The number of hydrogen-bond acceptors (Lipinski definition) is 3. The van der Waals surface area contributed by atoms with E-state index in [4.69, 9.17) is 10.8 Å². The first-order valence-electron chi connectivity index (χ1n) is 5.45. The van der Waals surface area contributed by atoms with Crippen molar-refractivity contribution in [1.29, 1.82) is 0 Å². The van der Waals surface area contributed by atoms with Gasteiger partial charge in [-0.1, -0.05) is 27.7 Å². The first-order valence-corrected chi connectivity index (χ1v) is 5.45. The van der Waals surface area contributed by atoms with E-state index >= 15 is 0 Å². The molecule has 0 amide bonds. The molecule has 3 heteroatoms. The third-order valence-electron chi connectivity index (χ3n) is 2.57. The SMILES string of the molecule is CCN(CCO)C(C(C)N)C(C)(C)C. The van der Waals surface area contributed by atoms with Crippen molar-refractivity contribution in [2.24, 2.45) is 11.1 Å². The van der Waals surface area contributed by atoms with Crippen LogP contribution in [-0.2, 0) is 0 Å². The molecule has 3 N–H and O–H groups in total. The van der Waals surface area contributed by atoms with Gasteiger partial charge < -0.3 is 10.8 Å². The van der Waals surface area contributed by atoms with Crippen LogP contribution in [0.2, 0.25) is 0 Å². The first-order chi connectivity index (χ1) is 6.34. The zero-order valence-corrected chi connectivity index (χ0v) is 10.2. The highest BCUT2D eigenvalue weighted by Gasteiger charge is 2.31. The molecule has 0 saturated heterocycles. The molecule has 0 saturated carbocycles. The zero-order chi connectivity index (χ0) is 11.4. The minimum absolute atomic E-state index is 0.126. The van der Waals surface area contributed by atoms with E-state index in [0.29, 0.717) is 12.6 Å². The monoisotopic (exact) mass is 202 g/mol. The first kappa shape index (κ1) is 13.9. The van der Waals surface area contributed by atoms with Crippen molar-refractivity contribution >= 4 is 0 Å². The summed E-state index contributed by atoms with van der Waals surface area (Å²) in [6.07, 6.45) is 0. The molecule has 0 spiro atoms. The third kappa shape index (κ3) is 3.95. The maximum Gasteiger partial charge on any atom is 0.0558 e. The highest BCUT2D eigenvalue weighted by atomic mass is 16.3. The quantitative estimate of drug-likeness (QED) is 0.701. The lowest BCUT2D eigenvalue weighted by atomic mass is 9.82. The fraction of sp³-hybridized carbons (Fsp3) is 1.00. The van der Waals surface area contributed by atoms with Gasteiger partial charge in [-0.2, -0.15) is 0 Å². The summed E-state index contributed by atoms with van der Waals surface area (Å²) in [5.41, 5.74) is 6.16. The average Bonchev–Trinajstić information content (AvgIpc) is 2.00. The van der Waals surface area contributed by atoms with E-state index in [1.54, 1.807) is 0 Å². The summed E-state index contributed by atoms with van der Waals surface area (Å²) in [5.74, 6) is 0. The number of likely N-dealkylation sites (N-methyl/N-ethyl adjacent to an activating group) is 1. The van der Waals surface area contributed by atoms with E-state index < -0.39 is 0 Å². The molecule has 0 radical (unpaired) electrons. The average molecular weight is 202 g/mol. The highest BCUT2D eigenvalue weighted by Crippen LogP contribution is 2.26. The van der Waals surface area contributed by atoms with Crippen LogP contribution in [-0.4, -0.2) is 41.8 Å². The molecule has 0 aromatic heterocycles. The summed E-state index contributed by atoms with van der Waals surface area (Å²) in [6.45, 7) is 12.6. The zero-order valence-electron chi connectivity index (χ0n) is 10.2. The van der Waals surface area contributed by atoms with Gasteiger partial charge in [-0.25, -0.2) is 0 Å². The van der Waals surface area contributed by atoms with E-state index in [2.05, 4.69) is 32.6 Å². The molecule has 0 aromatic rings. The normalized spacial score (nSPS) is 17.1. The number of nitrogens with two attached hydrogens (primary N) is 1. The molecule has 0 bridgehead atoms. The molecule has 3 nitrogen and oxygen atoms in total. The van der Waals surface area contributed by atoms with Crippen LogP contribution in [0.4, 0.5) is 0 Å². The molecule has 0 rings (SSSR count). The van der Waals surface area contributed by atoms with Crippen molar-refractivity contribution in [2.45, 2.75) is 46.7 Å². The second-order valence-electron chi connectivity index (χ2n) is 5.02. The Hall–Kier alpha value is -0.120. The van der Waals surface area contributed by atoms with Gasteiger partial charge in [-0.15, -0.1) is 0 Å². The van der Waals surface area contributed by atoms with E-state index in [9.17, 15) is 0 Å². The molecule has 86 valence electrons. The van der Waals surface area contributed by atoms with Gasteiger partial charge in [-0.05, 0) is 18.9 Å². The van der Waals surface area contributed by atoms with Crippen molar-refractivity contribution in [2.75, 3.05) is 19.7 Å². The van der Waals surface area contributed by atoms with E-state index in [-0.39, 0.29) is 18.1 Å². The van der Waals surface area contributed by atoms with Crippen molar-refractivity contribution in [3.05, 3.63) is 0 Å². The lowest BCUT2D eigenvalue weighted by Gasteiger charge is -2.42. The van der Waals surface area contributed by atoms with E-state index in [1.807, 2.05) is 6.92 Å². The Kier molecular flexibility index (Phi) is 5.64. The Balaban J connectivity index is 4.61. The molecule has 0 aliphatic carbocycles. The van der Waals surface area contributed by atoms with Gasteiger partial charge in [0.2, 0.25) is 0 Å². The molecule has 0 aromatic carbocycles. The Morgan fingerprint density at radius 1 is 1.36 bits per heavy atom. The fourth-order valence-electron chi connectivity index (χ4n) is 2.29. The number of aliphatic hydroxyl groups is 1. The maximum atomic E-state index is 8.98. The highest BCUT2D eigenvalue weighted by molar-refractivity contribution is 4.88. The van der Waals surface area contributed by atoms with Gasteiger partial charge in [0.15, 0.2) is 0 Å². The summed E-state index contributed by atoms with van der Waals surface area (Å²) >= 11 is 0. The molecular formula is C11H26N2O. The van der Waals surface area contributed by atoms with Crippen LogP contribution in [0, 0.1) is 5.41 Å². The van der Waals surface area contributed by atoms with Crippen molar-refractivity contribution in [3.63, 3.8) is 0 Å². The predicted octanol–water partition coefficient (Wildman–Crippen LogP) is 1.06. The van der Waals surface area contributed by atoms with Gasteiger partial charge >= 0.3 is 0 Å². The van der Waals surface area contributed by atoms with E-state index in [1.165, 1.54) is 0 Å². The van der Waals surface area contributed by atoms with Gasteiger partial charge in [0.05, 0.1) is 6.61 Å². The lowest BCUT2D eigenvalue weighted by molar-refractivity contribution is 0.0698. The van der Waals surface area contributed by atoms with Crippen LogP contribution in [0.3, 0.4) is 0 Å². The molecule has 2 unspecified atom stereocenters. The predicted molar refractivity (Wildman–Crippen MR) is 61.2 cm³/mol. The molecule has 0 heterocycles. The van der Waals surface area contributed by atoms with Crippen molar-refractivity contribution in [1.82, 2.24) is 4.90 Å². The second kappa shape index (κ2) is 5.69. The molecular weight excluding hydrogens is 176 g/mol. The Bertz CT molecular complexity index is 152. The number of nitrogens with zero attached hydrogens (tertiary/aromatic N) is 1. The Morgan fingerprint density at radius 2 is 1.86 bits per heavy atom. The maximum absolute atomic E-state index is 8.98. The van der Waals surface area contributed by atoms with E-state index in [0.717, 1.165) is 6.54 Å². The van der Waals surface area contributed by atoms with Gasteiger partial charge in [0.25, 0.3) is 0 Å². The van der Waals surface area contributed by atoms with Gasteiger partial charge in [0.1, 0.15) is 0 Å². The molecule has 0 aliphatic rings. The lowest BCUT2D eigenvalue weighted by Crippen LogP contribution is -2.54. The van der Waals surface area contributed by atoms with Crippen LogP contribution in [0.1, 0.15) is 34.6 Å². The largest absolute Gasteiger partial charge is 0.395 e. The topological polar surface area (TPSA) is 49.5 Å². The van der Waals surface area contributed by atoms with Crippen LogP contribution >= 0.6 is 0 Å². The van der Waals surface area contributed by atoms with Gasteiger partial charge in [0, 0.05) is 18.6 Å². The summed E-state index contributed by atoms with van der Waals surface area (Å²) in [5, 5.41) is 8.98. The van der Waals surface area contributed by atoms with Crippen LogP contribution in [0.15, 0.2) is 0 Å².